The summed E-state index contributed by atoms with van der Waals surface area (Å²) in [7, 11) is 0. The highest BCUT2D eigenvalue weighted by molar-refractivity contribution is 6.12. The molecule has 0 N–H and O–H groups in total. The normalized spacial score (nSPS) is 16.6. The third kappa shape index (κ3) is 8.76. The van der Waals surface area contributed by atoms with Gasteiger partial charge in [0, 0.05) is 24.8 Å². The maximum Gasteiger partial charge on any atom is 0.306 e. The number of aryl methyl sites for hydroxylation is 1. The van der Waals surface area contributed by atoms with Crippen molar-refractivity contribution in [3.8, 4) is 0 Å². The van der Waals surface area contributed by atoms with Gasteiger partial charge >= 0.3 is 11.9 Å². The molecule has 0 aliphatic heterocycles. The summed E-state index contributed by atoms with van der Waals surface area (Å²) in [6.45, 7) is 4.29. The topological polar surface area (TPSA) is 52.6 Å². The van der Waals surface area contributed by atoms with Crippen molar-refractivity contribution in [2.45, 2.75) is 103 Å². The van der Waals surface area contributed by atoms with E-state index in [0.717, 1.165) is 92.0 Å². The molecule has 7 rings (SSSR count). The second kappa shape index (κ2) is 17.7. The first-order chi connectivity index (χ1) is 26.5. The zero-order valence-electron chi connectivity index (χ0n) is 31.8. The third-order valence-corrected chi connectivity index (χ3v) is 10.9. The molecule has 276 valence electrons. The van der Waals surface area contributed by atoms with Crippen LogP contribution >= 0.6 is 0 Å². The molecule has 2 unspecified atom stereocenters. The molecular formula is C50H52O4. The molecule has 5 aromatic carbocycles. The maximum atomic E-state index is 12.5. The zero-order chi connectivity index (χ0) is 37.3. The Bertz CT molecular complexity index is 2220. The van der Waals surface area contributed by atoms with E-state index in [1.807, 2.05) is 0 Å². The Labute approximate surface area is 320 Å². The van der Waals surface area contributed by atoms with Crippen LogP contribution in [0, 0.1) is 0 Å². The quantitative estimate of drug-likeness (QED) is 0.0497. The molecule has 2 atom stereocenters. The summed E-state index contributed by atoms with van der Waals surface area (Å²) in [6.07, 6.45) is 23.4. The van der Waals surface area contributed by atoms with Gasteiger partial charge in [-0.1, -0.05) is 155 Å². The lowest BCUT2D eigenvalue weighted by Crippen LogP contribution is -2.16. The van der Waals surface area contributed by atoms with Crippen molar-refractivity contribution in [2.75, 3.05) is 0 Å². The van der Waals surface area contributed by atoms with Crippen LogP contribution in [0.15, 0.2) is 91.0 Å². The zero-order valence-corrected chi connectivity index (χ0v) is 31.8. The third-order valence-electron chi connectivity index (χ3n) is 10.9. The van der Waals surface area contributed by atoms with Crippen LogP contribution in [-0.2, 0) is 25.5 Å². The van der Waals surface area contributed by atoms with Gasteiger partial charge in [-0.05, 0) is 98.7 Å². The Balaban J connectivity index is 1.07. The molecule has 0 radical (unpaired) electrons. The second-order valence-corrected chi connectivity index (χ2v) is 14.9. The van der Waals surface area contributed by atoms with Crippen molar-refractivity contribution >= 4 is 63.9 Å². The fourth-order valence-electron chi connectivity index (χ4n) is 8.02. The number of benzene rings is 5. The molecule has 0 saturated heterocycles. The van der Waals surface area contributed by atoms with E-state index >= 15 is 0 Å². The Hall–Kier alpha value is -5.22. The SMILES string of the molecule is CCCCCC(=O)OC1CC=Cc2cc(C=Cc3cccc4c3ccc3c(C=Cc5ccc6c(c5)CCCC6OC(=O)CCCCC)cccc34)ccc21. The van der Waals surface area contributed by atoms with Crippen molar-refractivity contribution < 1.29 is 19.1 Å². The largest absolute Gasteiger partial charge is 0.457 e. The number of hydrogen-bond donors (Lipinski definition) is 0. The van der Waals surface area contributed by atoms with Crippen LogP contribution in [0.4, 0.5) is 0 Å². The van der Waals surface area contributed by atoms with Crippen LogP contribution in [0.25, 0.3) is 51.9 Å². The molecule has 0 amide bonds. The molecule has 0 saturated carbocycles. The minimum absolute atomic E-state index is 0.0722. The number of rotatable bonds is 14. The van der Waals surface area contributed by atoms with Crippen molar-refractivity contribution in [1.82, 2.24) is 0 Å². The fraction of sp³-hybridized carbons (Fsp3) is 0.320. The van der Waals surface area contributed by atoms with Crippen LogP contribution < -0.4 is 0 Å². The molecule has 54 heavy (non-hydrogen) atoms. The molecular weight excluding hydrogens is 665 g/mol. The summed E-state index contributed by atoms with van der Waals surface area (Å²) in [5.41, 5.74) is 9.25. The van der Waals surface area contributed by atoms with Gasteiger partial charge in [0.25, 0.3) is 0 Å². The van der Waals surface area contributed by atoms with Gasteiger partial charge in [0.2, 0.25) is 0 Å². The van der Waals surface area contributed by atoms with Crippen molar-refractivity contribution in [1.29, 1.82) is 0 Å². The van der Waals surface area contributed by atoms with Gasteiger partial charge in [0.05, 0.1) is 0 Å². The number of unbranched alkanes of at least 4 members (excludes halogenated alkanes) is 4. The van der Waals surface area contributed by atoms with Gasteiger partial charge in [-0.15, -0.1) is 0 Å². The van der Waals surface area contributed by atoms with E-state index in [9.17, 15) is 9.59 Å². The summed E-state index contributed by atoms with van der Waals surface area (Å²) in [6, 6.07) is 30.6. The van der Waals surface area contributed by atoms with Crippen LogP contribution in [0.3, 0.4) is 0 Å². The van der Waals surface area contributed by atoms with Crippen molar-refractivity contribution in [3.05, 3.63) is 136 Å². The molecule has 4 heteroatoms. The average Bonchev–Trinajstić information content (AvgIpc) is 3.19. The molecule has 5 aromatic rings. The Kier molecular flexibility index (Phi) is 12.2. The van der Waals surface area contributed by atoms with Crippen LogP contribution in [0.1, 0.15) is 141 Å². The van der Waals surface area contributed by atoms with E-state index in [1.165, 1.54) is 38.2 Å². The van der Waals surface area contributed by atoms with E-state index < -0.39 is 0 Å². The molecule has 0 bridgehead atoms. The molecule has 0 spiro atoms. The molecule has 0 aromatic heterocycles. The predicted octanol–water partition coefficient (Wildman–Crippen LogP) is 13.4. The number of carbonyl (C=O) groups is 2. The van der Waals surface area contributed by atoms with E-state index in [0.29, 0.717) is 12.8 Å². The number of carbonyl (C=O) groups excluding carboxylic acids is 2. The van der Waals surface area contributed by atoms with Gasteiger partial charge in [-0.25, -0.2) is 0 Å². The van der Waals surface area contributed by atoms with Gasteiger partial charge in [0.1, 0.15) is 12.2 Å². The predicted molar refractivity (Wildman–Crippen MR) is 225 cm³/mol. The van der Waals surface area contributed by atoms with Gasteiger partial charge in [-0.3, -0.25) is 9.59 Å². The van der Waals surface area contributed by atoms with E-state index in [4.69, 9.17) is 9.47 Å². The monoisotopic (exact) mass is 716 g/mol. The molecule has 2 aliphatic carbocycles. The summed E-state index contributed by atoms with van der Waals surface area (Å²) < 4.78 is 11.8. The fourth-order valence-corrected chi connectivity index (χ4v) is 8.02. The highest BCUT2D eigenvalue weighted by atomic mass is 16.5. The Morgan fingerprint density at radius 3 is 1.85 bits per heavy atom. The second-order valence-electron chi connectivity index (χ2n) is 14.9. The van der Waals surface area contributed by atoms with E-state index in [2.05, 4.69) is 135 Å². The number of fused-ring (bicyclic) bond motifs is 5. The van der Waals surface area contributed by atoms with Gasteiger partial charge in [-0.2, -0.15) is 0 Å². The highest BCUT2D eigenvalue weighted by Gasteiger charge is 2.24. The number of esters is 2. The van der Waals surface area contributed by atoms with Gasteiger partial charge < -0.3 is 9.47 Å². The standard InChI is InChI=1S/C50H52O4/c1-3-5-7-21-49(51)53-47-19-11-15-39-33-35(25-29-43(39)47)23-27-37-13-9-17-45-41(37)31-32-42-38(14-10-18-46(42)45)28-24-36-26-30-44-40(34-36)16-12-20-48(44)54-50(52)22-8-6-4-2/h9-11,13-15,17-18,23-34,47-48H,3-8,12,16,19-22H2,1-2H3. The van der Waals surface area contributed by atoms with Crippen LogP contribution in [-0.4, -0.2) is 11.9 Å². The summed E-state index contributed by atoms with van der Waals surface area (Å²) >= 11 is 0. The summed E-state index contributed by atoms with van der Waals surface area (Å²) in [4.78, 5) is 24.9. The summed E-state index contributed by atoms with van der Waals surface area (Å²) in [5, 5.41) is 4.89. The van der Waals surface area contributed by atoms with Crippen LogP contribution in [0.5, 0.6) is 0 Å². The molecule has 0 fully saturated rings. The molecule has 0 heterocycles. The number of hydrogen-bond acceptors (Lipinski definition) is 4. The van der Waals surface area contributed by atoms with E-state index in [-0.39, 0.29) is 24.1 Å². The average molecular weight is 717 g/mol. The van der Waals surface area contributed by atoms with Crippen molar-refractivity contribution in [3.63, 3.8) is 0 Å². The Morgan fingerprint density at radius 1 is 0.630 bits per heavy atom. The lowest BCUT2D eigenvalue weighted by Gasteiger charge is -2.26. The van der Waals surface area contributed by atoms with Crippen molar-refractivity contribution in [2.24, 2.45) is 0 Å². The number of ether oxygens (including phenoxy) is 2. The maximum absolute atomic E-state index is 12.5. The first kappa shape index (κ1) is 37.1. The Morgan fingerprint density at radius 2 is 1.22 bits per heavy atom. The highest BCUT2D eigenvalue weighted by Crippen LogP contribution is 2.36. The minimum atomic E-state index is -0.216. The molecule has 4 nitrogen and oxygen atoms in total. The van der Waals surface area contributed by atoms with Crippen LogP contribution in [0.2, 0.25) is 0 Å². The minimum Gasteiger partial charge on any atom is -0.457 e. The smallest absolute Gasteiger partial charge is 0.306 e. The lowest BCUT2D eigenvalue weighted by molar-refractivity contribution is -0.151. The van der Waals surface area contributed by atoms with E-state index in [1.54, 1.807) is 0 Å². The first-order valence-electron chi connectivity index (χ1n) is 20.1. The molecule has 2 aliphatic rings. The first-order valence-corrected chi connectivity index (χ1v) is 20.1. The summed E-state index contributed by atoms with van der Waals surface area (Å²) in [5.74, 6) is -0.176. The van der Waals surface area contributed by atoms with Gasteiger partial charge in [0.15, 0.2) is 0 Å². The lowest BCUT2D eigenvalue weighted by atomic mass is 9.88.